The van der Waals surface area contributed by atoms with Crippen molar-refractivity contribution in [3.05, 3.63) is 41.0 Å². The van der Waals surface area contributed by atoms with E-state index in [1.165, 1.54) is 36.4 Å². The number of nitrogens with zero attached hydrogens (tertiary/aromatic N) is 5. The van der Waals surface area contributed by atoms with Gasteiger partial charge in [0.2, 0.25) is 15.9 Å². The Morgan fingerprint density at radius 2 is 1.85 bits per heavy atom. The van der Waals surface area contributed by atoms with Crippen LogP contribution in [0.1, 0.15) is 35.6 Å². The highest BCUT2D eigenvalue weighted by molar-refractivity contribution is 7.89. The van der Waals surface area contributed by atoms with Crippen molar-refractivity contribution in [2.75, 3.05) is 18.4 Å². The lowest BCUT2D eigenvalue weighted by atomic mass is 10.1. The Bertz CT molecular complexity index is 1380. The summed E-state index contributed by atoms with van der Waals surface area (Å²) < 4.78 is 66.7. The van der Waals surface area contributed by atoms with Crippen LogP contribution in [-0.4, -0.2) is 56.4 Å². The molecule has 0 radical (unpaired) electrons. The molecule has 2 N–H and O–H groups in total. The first-order chi connectivity index (χ1) is 15.9. The summed E-state index contributed by atoms with van der Waals surface area (Å²) in [7, 11) is -3.77. The standard InChI is InChI=1S/C20H21F3N6O4S/c1-11-14(12(2)29-19(24-11)26-18(27-29)20(21,22)23)10-17(31)25-15-9-13(5-6-16(15)30)34(32,33)28-7-3-4-8-28/h5-6,9,30H,3-4,7-8,10H2,1-2H3,(H,25,31). The van der Waals surface area contributed by atoms with Crippen molar-refractivity contribution in [2.45, 2.75) is 44.2 Å². The van der Waals surface area contributed by atoms with Gasteiger partial charge in [-0.2, -0.15) is 22.5 Å². The number of hydrogen-bond acceptors (Lipinski definition) is 7. The fourth-order valence-electron chi connectivity index (χ4n) is 3.79. The van der Waals surface area contributed by atoms with Crippen molar-refractivity contribution in [2.24, 2.45) is 0 Å². The van der Waals surface area contributed by atoms with E-state index in [0.717, 1.165) is 17.4 Å². The second-order valence-electron chi connectivity index (χ2n) is 7.92. The Morgan fingerprint density at radius 3 is 2.50 bits per heavy atom. The Labute approximate surface area is 192 Å². The van der Waals surface area contributed by atoms with Gasteiger partial charge in [0, 0.05) is 30.0 Å². The maximum Gasteiger partial charge on any atom is 0.453 e. The van der Waals surface area contributed by atoms with Gasteiger partial charge in [-0.3, -0.25) is 4.79 Å². The largest absolute Gasteiger partial charge is 0.506 e. The molecule has 1 saturated heterocycles. The van der Waals surface area contributed by atoms with E-state index in [1.807, 2.05) is 0 Å². The maximum absolute atomic E-state index is 13.0. The van der Waals surface area contributed by atoms with Crippen molar-refractivity contribution >= 4 is 27.4 Å². The first-order valence-electron chi connectivity index (χ1n) is 10.3. The lowest BCUT2D eigenvalue weighted by Gasteiger charge is -2.17. The number of hydrogen-bond donors (Lipinski definition) is 2. The van der Waals surface area contributed by atoms with Crippen molar-refractivity contribution in [1.82, 2.24) is 23.9 Å². The molecule has 34 heavy (non-hydrogen) atoms. The summed E-state index contributed by atoms with van der Waals surface area (Å²) in [6.45, 7) is 3.81. The molecule has 3 aromatic rings. The van der Waals surface area contributed by atoms with Gasteiger partial charge in [-0.15, -0.1) is 5.10 Å². The normalized spacial score (nSPS) is 15.2. The molecule has 10 nitrogen and oxygen atoms in total. The quantitative estimate of drug-likeness (QED) is 0.517. The number of nitrogens with one attached hydrogen (secondary N) is 1. The van der Waals surface area contributed by atoms with Crippen LogP contribution in [0, 0.1) is 13.8 Å². The molecule has 0 spiro atoms. The topological polar surface area (TPSA) is 130 Å². The van der Waals surface area contributed by atoms with Crippen LogP contribution >= 0.6 is 0 Å². The Kier molecular flexibility index (Phi) is 5.97. The third kappa shape index (κ3) is 4.42. The molecule has 1 aliphatic rings. The molecular weight excluding hydrogens is 477 g/mol. The first-order valence-corrected chi connectivity index (χ1v) is 11.7. The summed E-state index contributed by atoms with van der Waals surface area (Å²) in [5.41, 5.74) is 0.754. The van der Waals surface area contributed by atoms with Gasteiger partial charge >= 0.3 is 6.18 Å². The summed E-state index contributed by atoms with van der Waals surface area (Å²) in [5.74, 6) is -2.55. The third-order valence-corrected chi connectivity index (χ3v) is 7.48. The van der Waals surface area contributed by atoms with Crippen LogP contribution in [0.15, 0.2) is 23.1 Å². The number of carbonyl (C=O) groups excluding carboxylic acids is 1. The molecule has 2 aromatic heterocycles. The molecule has 1 aliphatic heterocycles. The molecule has 1 amide bonds. The molecule has 0 aliphatic carbocycles. The number of aromatic nitrogens is 4. The minimum atomic E-state index is -4.75. The Hall–Kier alpha value is -3.26. The molecule has 3 heterocycles. The number of carbonyl (C=O) groups is 1. The van der Waals surface area contributed by atoms with E-state index in [9.17, 15) is 31.5 Å². The molecule has 0 atom stereocenters. The van der Waals surface area contributed by atoms with E-state index in [4.69, 9.17) is 0 Å². The van der Waals surface area contributed by atoms with Gasteiger partial charge in [-0.25, -0.2) is 17.9 Å². The maximum atomic E-state index is 13.0. The van der Waals surface area contributed by atoms with Gasteiger partial charge in [0.25, 0.3) is 11.6 Å². The van der Waals surface area contributed by atoms with E-state index in [0.29, 0.717) is 18.7 Å². The minimum absolute atomic E-state index is 0.0692. The number of rotatable bonds is 5. The van der Waals surface area contributed by atoms with Crippen LogP contribution in [0.2, 0.25) is 0 Å². The van der Waals surface area contributed by atoms with Crippen LogP contribution in [0.4, 0.5) is 18.9 Å². The summed E-state index contributed by atoms with van der Waals surface area (Å²) in [5, 5.41) is 16.1. The van der Waals surface area contributed by atoms with Gasteiger partial charge < -0.3 is 10.4 Å². The van der Waals surface area contributed by atoms with Gasteiger partial charge in [0.05, 0.1) is 17.0 Å². The number of benzene rings is 1. The zero-order valence-corrected chi connectivity index (χ0v) is 19.0. The predicted octanol–water partition coefficient (Wildman–Crippen LogP) is 2.43. The number of alkyl halides is 3. The number of phenolic OH excluding ortho intramolecular Hbond substituents is 1. The SMILES string of the molecule is Cc1nc2nc(C(F)(F)F)nn2c(C)c1CC(=O)Nc1cc(S(=O)(=O)N2CCCC2)ccc1O. The lowest BCUT2D eigenvalue weighted by molar-refractivity contribution is -0.144. The molecule has 0 bridgehead atoms. The predicted molar refractivity (Wildman–Crippen MR) is 114 cm³/mol. The monoisotopic (exact) mass is 498 g/mol. The molecule has 1 fully saturated rings. The Morgan fingerprint density at radius 1 is 1.18 bits per heavy atom. The van der Waals surface area contributed by atoms with Gasteiger partial charge in [-0.1, -0.05) is 0 Å². The molecule has 1 aromatic carbocycles. The van der Waals surface area contributed by atoms with Crippen LogP contribution in [0.5, 0.6) is 5.75 Å². The fourth-order valence-corrected chi connectivity index (χ4v) is 5.34. The molecular formula is C20H21F3N6O4S. The number of aryl methyl sites for hydroxylation is 2. The summed E-state index contributed by atoms with van der Waals surface area (Å²) in [6.07, 6.45) is -3.53. The van der Waals surface area contributed by atoms with Gasteiger partial charge in [-0.05, 0) is 44.9 Å². The van der Waals surface area contributed by atoms with Crippen LogP contribution < -0.4 is 5.32 Å². The van der Waals surface area contributed by atoms with Crippen molar-refractivity contribution in [1.29, 1.82) is 0 Å². The van der Waals surface area contributed by atoms with Gasteiger partial charge in [0.15, 0.2) is 0 Å². The van der Waals surface area contributed by atoms with E-state index in [2.05, 4.69) is 20.4 Å². The van der Waals surface area contributed by atoms with Crippen molar-refractivity contribution in [3.63, 3.8) is 0 Å². The number of amides is 1. The van der Waals surface area contributed by atoms with Crippen molar-refractivity contribution < 1.29 is 31.5 Å². The summed E-state index contributed by atoms with van der Waals surface area (Å²) in [6, 6.07) is 3.61. The fraction of sp³-hybridized carbons (Fsp3) is 0.400. The average molecular weight is 498 g/mol. The number of phenols is 1. The number of fused-ring (bicyclic) bond motifs is 1. The van der Waals surface area contributed by atoms with Crippen LogP contribution in [0.25, 0.3) is 5.78 Å². The van der Waals surface area contributed by atoms with Crippen LogP contribution in [-0.2, 0) is 27.4 Å². The zero-order valence-electron chi connectivity index (χ0n) is 18.2. The molecule has 182 valence electrons. The highest BCUT2D eigenvalue weighted by Gasteiger charge is 2.37. The molecule has 0 unspecified atom stereocenters. The average Bonchev–Trinajstić information content (AvgIpc) is 3.43. The molecule has 14 heteroatoms. The van der Waals surface area contributed by atoms with E-state index < -0.39 is 27.9 Å². The summed E-state index contributed by atoms with van der Waals surface area (Å²) >= 11 is 0. The number of aromatic hydroxyl groups is 1. The highest BCUT2D eigenvalue weighted by atomic mass is 32.2. The van der Waals surface area contributed by atoms with E-state index in [-0.39, 0.29) is 39.9 Å². The lowest BCUT2D eigenvalue weighted by Crippen LogP contribution is -2.28. The number of halogens is 3. The van der Waals surface area contributed by atoms with E-state index >= 15 is 0 Å². The smallest absolute Gasteiger partial charge is 0.453 e. The first kappa shape index (κ1) is 23.9. The second kappa shape index (κ2) is 8.51. The second-order valence-corrected chi connectivity index (χ2v) is 9.86. The minimum Gasteiger partial charge on any atom is -0.506 e. The van der Waals surface area contributed by atoms with E-state index in [1.54, 1.807) is 0 Å². The third-order valence-electron chi connectivity index (χ3n) is 5.58. The molecule has 0 saturated carbocycles. The highest BCUT2D eigenvalue weighted by Crippen LogP contribution is 2.30. The molecule has 4 rings (SSSR count). The van der Waals surface area contributed by atoms with Crippen LogP contribution in [0.3, 0.4) is 0 Å². The number of anilines is 1. The number of sulfonamides is 1. The van der Waals surface area contributed by atoms with Crippen molar-refractivity contribution in [3.8, 4) is 5.75 Å². The van der Waals surface area contributed by atoms with Gasteiger partial charge in [0.1, 0.15) is 5.75 Å². The zero-order chi connectivity index (χ0) is 24.8. The summed E-state index contributed by atoms with van der Waals surface area (Å²) in [4.78, 5) is 20.1. The Balaban J connectivity index is 1.59.